The van der Waals surface area contributed by atoms with E-state index in [1.54, 1.807) is 0 Å². The molecule has 0 amide bonds. The molecule has 2 heterocycles. The van der Waals surface area contributed by atoms with Gasteiger partial charge in [0, 0.05) is 23.5 Å². The third kappa shape index (κ3) is 2.20. The van der Waals surface area contributed by atoms with Crippen molar-refractivity contribution in [3.8, 4) is 0 Å². The fourth-order valence-corrected chi connectivity index (χ4v) is 3.59. The maximum Gasteiger partial charge on any atom is 0.0950 e. The molecular formula is C15H25N3. The molecule has 18 heavy (non-hydrogen) atoms. The summed E-state index contributed by atoms with van der Waals surface area (Å²) < 4.78 is 2.46. The summed E-state index contributed by atoms with van der Waals surface area (Å²) in [5, 5.41) is 3.75. The summed E-state index contributed by atoms with van der Waals surface area (Å²) in [6, 6.07) is 0.669. The smallest absolute Gasteiger partial charge is 0.0950 e. The van der Waals surface area contributed by atoms with Gasteiger partial charge in [-0.1, -0.05) is 13.8 Å². The van der Waals surface area contributed by atoms with Crippen molar-refractivity contribution in [2.24, 2.45) is 5.92 Å². The lowest BCUT2D eigenvalue weighted by Gasteiger charge is -2.48. The second-order valence-corrected chi connectivity index (χ2v) is 6.60. The summed E-state index contributed by atoms with van der Waals surface area (Å²) in [5.41, 5.74) is 1.90. The topological polar surface area (TPSA) is 29.9 Å². The number of nitrogens with zero attached hydrogens (tertiary/aromatic N) is 2. The van der Waals surface area contributed by atoms with E-state index in [2.05, 4.69) is 41.2 Å². The highest BCUT2D eigenvalue weighted by Gasteiger charge is 2.41. The Hall–Kier alpha value is -0.830. The minimum absolute atomic E-state index is 0.474. The standard InChI is InChI=1S/C15H25N3/c1-12(2)8-14-10-16-11-18(14)13-4-7-17-15(9-13)5-3-6-15/h10-13,17H,3-9H2,1-2H3. The van der Waals surface area contributed by atoms with Gasteiger partial charge in [0.05, 0.1) is 6.33 Å². The maximum absolute atomic E-state index is 4.38. The van der Waals surface area contributed by atoms with Gasteiger partial charge in [-0.05, 0) is 51.0 Å². The molecule has 1 aliphatic carbocycles. The second kappa shape index (κ2) is 4.69. The molecule has 3 nitrogen and oxygen atoms in total. The Labute approximate surface area is 110 Å². The number of imidazole rings is 1. The molecule has 1 aromatic heterocycles. The highest BCUT2D eigenvalue weighted by Crippen LogP contribution is 2.42. The Morgan fingerprint density at radius 1 is 1.50 bits per heavy atom. The number of piperidine rings is 1. The van der Waals surface area contributed by atoms with Crippen molar-refractivity contribution in [2.75, 3.05) is 6.54 Å². The first kappa shape index (κ1) is 12.2. The van der Waals surface area contributed by atoms with E-state index < -0.39 is 0 Å². The van der Waals surface area contributed by atoms with Crippen LogP contribution >= 0.6 is 0 Å². The van der Waals surface area contributed by atoms with Gasteiger partial charge < -0.3 is 9.88 Å². The lowest BCUT2D eigenvalue weighted by atomic mass is 9.70. The average molecular weight is 247 g/mol. The van der Waals surface area contributed by atoms with Crippen LogP contribution in [-0.2, 0) is 6.42 Å². The minimum atomic E-state index is 0.474. The van der Waals surface area contributed by atoms with Crippen molar-refractivity contribution >= 4 is 0 Å². The van der Waals surface area contributed by atoms with Crippen molar-refractivity contribution in [1.82, 2.24) is 14.9 Å². The van der Waals surface area contributed by atoms with Gasteiger partial charge in [-0.15, -0.1) is 0 Å². The molecule has 3 heteroatoms. The molecule has 1 saturated heterocycles. The van der Waals surface area contributed by atoms with Crippen molar-refractivity contribution in [3.05, 3.63) is 18.2 Å². The van der Waals surface area contributed by atoms with Gasteiger partial charge in [-0.2, -0.15) is 0 Å². The van der Waals surface area contributed by atoms with E-state index in [1.165, 1.54) is 44.3 Å². The van der Waals surface area contributed by atoms with E-state index in [0.29, 0.717) is 17.5 Å². The van der Waals surface area contributed by atoms with Crippen LogP contribution in [0.1, 0.15) is 57.7 Å². The van der Waals surface area contributed by atoms with Crippen LogP contribution in [0.15, 0.2) is 12.5 Å². The Bertz CT molecular complexity index is 404. The van der Waals surface area contributed by atoms with Crippen molar-refractivity contribution in [1.29, 1.82) is 0 Å². The highest BCUT2D eigenvalue weighted by molar-refractivity contribution is 5.06. The molecule has 1 unspecified atom stereocenters. The van der Waals surface area contributed by atoms with Gasteiger partial charge in [0.25, 0.3) is 0 Å². The van der Waals surface area contributed by atoms with Crippen LogP contribution < -0.4 is 5.32 Å². The number of hydrogen-bond donors (Lipinski definition) is 1. The summed E-state index contributed by atoms with van der Waals surface area (Å²) in [7, 11) is 0. The molecule has 0 bridgehead atoms. The highest BCUT2D eigenvalue weighted by atomic mass is 15.1. The Kier molecular flexibility index (Phi) is 3.18. The molecule has 100 valence electrons. The predicted octanol–water partition coefficient (Wildman–Crippen LogP) is 2.93. The Morgan fingerprint density at radius 2 is 2.33 bits per heavy atom. The van der Waals surface area contributed by atoms with Crippen LogP contribution in [-0.4, -0.2) is 21.6 Å². The zero-order valence-corrected chi connectivity index (χ0v) is 11.7. The summed E-state index contributed by atoms with van der Waals surface area (Å²) in [6.07, 6.45) is 12.0. The van der Waals surface area contributed by atoms with Crippen LogP contribution in [0.2, 0.25) is 0 Å². The van der Waals surface area contributed by atoms with Gasteiger partial charge in [-0.3, -0.25) is 0 Å². The van der Waals surface area contributed by atoms with E-state index in [9.17, 15) is 0 Å². The van der Waals surface area contributed by atoms with Crippen molar-refractivity contribution in [3.63, 3.8) is 0 Å². The number of hydrogen-bond acceptors (Lipinski definition) is 2. The van der Waals surface area contributed by atoms with Gasteiger partial charge in [0.2, 0.25) is 0 Å². The SMILES string of the molecule is CC(C)Cc1cncn1C1CCNC2(CCC2)C1. The fourth-order valence-electron chi connectivity index (χ4n) is 3.59. The van der Waals surface area contributed by atoms with E-state index in [1.807, 2.05) is 0 Å². The molecular weight excluding hydrogens is 222 g/mol. The molecule has 1 spiro atoms. The fraction of sp³-hybridized carbons (Fsp3) is 0.800. The van der Waals surface area contributed by atoms with Gasteiger partial charge in [0.15, 0.2) is 0 Å². The van der Waals surface area contributed by atoms with Gasteiger partial charge >= 0.3 is 0 Å². The van der Waals surface area contributed by atoms with Crippen LogP contribution in [0.25, 0.3) is 0 Å². The molecule has 2 fully saturated rings. The largest absolute Gasteiger partial charge is 0.331 e. The quantitative estimate of drug-likeness (QED) is 0.890. The molecule has 1 aliphatic heterocycles. The summed E-state index contributed by atoms with van der Waals surface area (Å²) >= 11 is 0. The van der Waals surface area contributed by atoms with Crippen LogP contribution in [0, 0.1) is 5.92 Å². The third-order valence-electron chi connectivity index (χ3n) is 4.67. The van der Waals surface area contributed by atoms with E-state index >= 15 is 0 Å². The summed E-state index contributed by atoms with van der Waals surface area (Å²) in [5.74, 6) is 0.708. The maximum atomic E-state index is 4.38. The normalized spacial score (nSPS) is 26.5. The first-order chi connectivity index (χ1) is 8.69. The van der Waals surface area contributed by atoms with Crippen LogP contribution in [0.3, 0.4) is 0 Å². The zero-order chi connectivity index (χ0) is 12.6. The number of aromatic nitrogens is 2. The molecule has 1 saturated carbocycles. The molecule has 1 atom stereocenters. The number of rotatable bonds is 3. The predicted molar refractivity (Wildman–Crippen MR) is 73.6 cm³/mol. The Balaban J connectivity index is 1.75. The van der Waals surface area contributed by atoms with E-state index in [-0.39, 0.29) is 0 Å². The van der Waals surface area contributed by atoms with Crippen LogP contribution in [0.5, 0.6) is 0 Å². The molecule has 1 N–H and O–H groups in total. The molecule has 0 radical (unpaired) electrons. The molecule has 3 rings (SSSR count). The van der Waals surface area contributed by atoms with E-state index in [0.717, 1.165) is 6.42 Å². The first-order valence-electron chi connectivity index (χ1n) is 7.44. The first-order valence-corrected chi connectivity index (χ1v) is 7.44. The molecule has 0 aromatic carbocycles. The zero-order valence-electron chi connectivity index (χ0n) is 11.7. The molecule has 1 aromatic rings. The monoisotopic (exact) mass is 247 g/mol. The number of nitrogens with one attached hydrogen (secondary N) is 1. The summed E-state index contributed by atoms with van der Waals surface area (Å²) in [6.45, 7) is 5.74. The summed E-state index contributed by atoms with van der Waals surface area (Å²) in [4.78, 5) is 4.38. The average Bonchev–Trinajstić information content (AvgIpc) is 2.74. The van der Waals surface area contributed by atoms with E-state index in [4.69, 9.17) is 0 Å². The second-order valence-electron chi connectivity index (χ2n) is 6.60. The van der Waals surface area contributed by atoms with Crippen LogP contribution in [0.4, 0.5) is 0 Å². The Morgan fingerprint density at radius 3 is 3.00 bits per heavy atom. The van der Waals surface area contributed by atoms with Crippen molar-refractivity contribution in [2.45, 2.75) is 64.0 Å². The van der Waals surface area contributed by atoms with Gasteiger partial charge in [-0.25, -0.2) is 4.98 Å². The lowest BCUT2D eigenvalue weighted by Crippen LogP contribution is -2.55. The third-order valence-corrected chi connectivity index (χ3v) is 4.67. The van der Waals surface area contributed by atoms with Gasteiger partial charge in [0.1, 0.15) is 0 Å². The minimum Gasteiger partial charge on any atom is -0.331 e. The lowest BCUT2D eigenvalue weighted by molar-refractivity contribution is 0.109. The molecule has 2 aliphatic rings. The van der Waals surface area contributed by atoms with Crippen molar-refractivity contribution < 1.29 is 0 Å².